The van der Waals surface area contributed by atoms with E-state index in [2.05, 4.69) is 12.2 Å². The molecule has 0 aliphatic carbocycles. The van der Waals surface area contributed by atoms with Crippen molar-refractivity contribution >= 4 is 9.84 Å². The fourth-order valence-electron chi connectivity index (χ4n) is 2.25. The molecule has 6 heteroatoms. The number of ether oxygens (including phenoxy) is 1. The van der Waals surface area contributed by atoms with Gasteiger partial charge in [0.1, 0.15) is 6.10 Å². The SMILES string of the molecule is CCCNCc1cccc(F)c1OC1CCS(=O)(=O)C1. The number of halogens is 1. The highest BCUT2D eigenvalue weighted by Crippen LogP contribution is 2.26. The van der Waals surface area contributed by atoms with Gasteiger partial charge in [-0.1, -0.05) is 19.1 Å². The number of hydrogen-bond donors (Lipinski definition) is 1. The normalized spacial score (nSPS) is 21.0. The standard InChI is InChI=1S/C14H20FNO3S/c1-2-7-16-9-11-4-3-5-13(15)14(11)19-12-6-8-20(17,18)10-12/h3-5,12,16H,2,6-10H2,1H3. The van der Waals surface area contributed by atoms with E-state index in [-0.39, 0.29) is 17.3 Å². The van der Waals surface area contributed by atoms with Gasteiger partial charge >= 0.3 is 0 Å². The minimum atomic E-state index is -3.03. The van der Waals surface area contributed by atoms with Crippen LogP contribution in [-0.2, 0) is 16.4 Å². The Morgan fingerprint density at radius 3 is 2.90 bits per heavy atom. The van der Waals surface area contributed by atoms with Crippen molar-refractivity contribution in [1.82, 2.24) is 5.32 Å². The van der Waals surface area contributed by atoms with E-state index in [0.717, 1.165) is 18.5 Å². The molecular formula is C14H20FNO3S. The van der Waals surface area contributed by atoms with Gasteiger partial charge in [0.15, 0.2) is 21.4 Å². The van der Waals surface area contributed by atoms with Gasteiger partial charge in [0.05, 0.1) is 11.5 Å². The van der Waals surface area contributed by atoms with Crippen LogP contribution in [0.4, 0.5) is 4.39 Å². The maximum absolute atomic E-state index is 13.9. The van der Waals surface area contributed by atoms with Gasteiger partial charge in [-0.15, -0.1) is 0 Å². The zero-order chi connectivity index (χ0) is 14.6. The quantitative estimate of drug-likeness (QED) is 0.815. The summed E-state index contributed by atoms with van der Waals surface area (Å²) in [6.07, 6.45) is 0.979. The molecule has 1 atom stereocenters. The molecule has 1 heterocycles. The first kappa shape index (κ1) is 15.3. The Bertz CT molecular complexity index is 560. The first-order valence-electron chi connectivity index (χ1n) is 6.87. The molecule has 0 spiro atoms. The van der Waals surface area contributed by atoms with Crippen molar-refractivity contribution in [3.8, 4) is 5.75 Å². The summed E-state index contributed by atoms with van der Waals surface area (Å²) in [7, 11) is -3.03. The molecule has 0 bridgehead atoms. The summed E-state index contributed by atoms with van der Waals surface area (Å²) in [6.45, 7) is 3.41. The van der Waals surface area contributed by atoms with Gasteiger partial charge in [-0.3, -0.25) is 0 Å². The maximum Gasteiger partial charge on any atom is 0.165 e. The highest BCUT2D eigenvalue weighted by Gasteiger charge is 2.30. The summed E-state index contributed by atoms with van der Waals surface area (Å²) >= 11 is 0. The predicted octanol–water partition coefficient (Wildman–Crippen LogP) is 1.89. The van der Waals surface area contributed by atoms with Gasteiger partial charge < -0.3 is 10.1 Å². The second-order valence-electron chi connectivity index (χ2n) is 5.05. The van der Waals surface area contributed by atoms with Crippen LogP contribution in [-0.4, -0.2) is 32.6 Å². The van der Waals surface area contributed by atoms with E-state index < -0.39 is 21.8 Å². The molecule has 1 N–H and O–H groups in total. The Kier molecular flexibility index (Phi) is 4.99. The fraction of sp³-hybridized carbons (Fsp3) is 0.571. The fourth-order valence-corrected chi connectivity index (χ4v) is 3.83. The number of nitrogens with one attached hydrogen (secondary N) is 1. The smallest absolute Gasteiger partial charge is 0.165 e. The highest BCUT2D eigenvalue weighted by atomic mass is 32.2. The van der Waals surface area contributed by atoms with Crippen molar-refractivity contribution in [2.45, 2.75) is 32.4 Å². The Morgan fingerprint density at radius 2 is 2.25 bits per heavy atom. The van der Waals surface area contributed by atoms with Crippen LogP contribution in [0.25, 0.3) is 0 Å². The topological polar surface area (TPSA) is 55.4 Å². The molecule has 1 fully saturated rings. The van der Waals surface area contributed by atoms with Crippen LogP contribution < -0.4 is 10.1 Å². The molecule has 1 aromatic rings. The van der Waals surface area contributed by atoms with Crippen LogP contribution in [0.3, 0.4) is 0 Å². The van der Waals surface area contributed by atoms with Gasteiger partial charge in [0, 0.05) is 12.1 Å². The average molecular weight is 301 g/mol. The molecule has 0 amide bonds. The monoisotopic (exact) mass is 301 g/mol. The second-order valence-corrected chi connectivity index (χ2v) is 7.28. The molecule has 1 aliphatic rings. The van der Waals surface area contributed by atoms with Crippen molar-refractivity contribution in [2.24, 2.45) is 0 Å². The number of para-hydroxylation sites is 1. The largest absolute Gasteiger partial charge is 0.486 e. The van der Waals surface area contributed by atoms with Crippen LogP contribution in [0.2, 0.25) is 0 Å². The molecule has 20 heavy (non-hydrogen) atoms. The average Bonchev–Trinajstić information content (AvgIpc) is 2.73. The zero-order valence-corrected chi connectivity index (χ0v) is 12.4. The Balaban J connectivity index is 2.09. The van der Waals surface area contributed by atoms with Crippen molar-refractivity contribution < 1.29 is 17.5 Å². The number of benzene rings is 1. The molecule has 0 aromatic heterocycles. The van der Waals surface area contributed by atoms with E-state index in [0.29, 0.717) is 13.0 Å². The van der Waals surface area contributed by atoms with Crippen LogP contribution in [0.1, 0.15) is 25.3 Å². The number of sulfone groups is 1. The first-order valence-corrected chi connectivity index (χ1v) is 8.69. The van der Waals surface area contributed by atoms with Crippen molar-refractivity contribution in [3.05, 3.63) is 29.6 Å². The third-order valence-electron chi connectivity index (χ3n) is 3.27. The van der Waals surface area contributed by atoms with E-state index in [9.17, 15) is 12.8 Å². The predicted molar refractivity (Wildman–Crippen MR) is 76.1 cm³/mol. The number of hydrogen-bond acceptors (Lipinski definition) is 4. The van der Waals surface area contributed by atoms with Crippen LogP contribution >= 0.6 is 0 Å². The molecule has 1 aliphatic heterocycles. The van der Waals surface area contributed by atoms with E-state index in [1.165, 1.54) is 6.07 Å². The van der Waals surface area contributed by atoms with E-state index in [4.69, 9.17) is 4.74 Å². The molecule has 1 saturated heterocycles. The van der Waals surface area contributed by atoms with Gasteiger partial charge in [-0.25, -0.2) is 12.8 Å². The Labute approximate surface area is 119 Å². The lowest BCUT2D eigenvalue weighted by molar-refractivity contribution is 0.215. The molecule has 4 nitrogen and oxygen atoms in total. The third-order valence-corrected chi connectivity index (χ3v) is 5.00. The molecule has 0 radical (unpaired) electrons. The molecule has 1 unspecified atom stereocenters. The lowest BCUT2D eigenvalue weighted by Gasteiger charge is -2.16. The van der Waals surface area contributed by atoms with Crippen molar-refractivity contribution in [3.63, 3.8) is 0 Å². The summed E-state index contributed by atoms with van der Waals surface area (Å²) in [5.41, 5.74) is 0.725. The number of rotatable bonds is 6. The maximum atomic E-state index is 13.9. The highest BCUT2D eigenvalue weighted by molar-refractivity contribution is 7.91. The van der Waals surface area contributed by atoms with Crippen molar-refractivity contribution in [2.75, 3.05) is 18.1 Å². The Hall–Kier alpha value is -1.14. The van der Waals surface area contributed by atoms with E-state index in [1.54, 1.807) is 12.1 Å². The minimum absolute atomic E-state index is 0.0246. The van der Waals surface area contributed by atoms with Gasteiger partial charge in [-0.2, -0.15) is 0 Å². The molecule has 0 saturated carbocycles. The molecule has 1 aromatic carbocycles. The van der Waals surface area contributed by atoms with Crippen LogP contribution in [0, 0.1) is 5.82 Å². The van der Waals surface area contributed by atoms with E-state index >= 15 is 0 Å². The summed E-state index contributed by atoms with van der Waals surface area (Å²) in [6, 6.07) is 4.77. The lowest BCUT2D eigenvalue weighted by atomic mass is 10.2. The van der Waals surface area contributed by atoms with Crippen LogP contribution in [0.5, 0.6) is 5.75 Å². The van der Waals surface area contributed by atoms with Crippen molar-refractivity contribution in [1.29, 1.82) is 0 Å². The zero-order valence-electron chi connectivity index (χ0n) is 11.6. The van der Waals surface area contributed by atoms with Gasteiger partial charge in [0.25, 0.3) is 0 Å². The summed E-state index contributed by atoms with van der Waals surface area (Å²) in [5, 5.41) is 3.20. The molecule has 2 rings (SSSR count). The molecule has 112 valence electrons. The third kappa shape index (κ3) is 3.93. The van der Waals surface area contributed by atoms with Crippen LogP contribution in [0.15, 0.2) is 18.2 Å². The van der Waals surface area contributed by atoms with E-state index in [1.807, 2.05) is 0 Å². The summed E-state index contributed by atoms with van der Waals surface area (Å²) < 4.78 is 42.4. The molecular weight excluding hydrogens is 281 g/mol. The summed E-state index contributed by atoms with van der Waals surface area (Å²) in [5.74, 6) is -0.165. The minimum Gasteiger partial charge on any atom is -0.486 e. The summed E-state index contributed by atoms with van der Waals surface area (Å²) in [4.78, 5) is 0. The Morgan fingerprint density at radius 1 is 1.45 bits per heavy atom. The first-order chi connectivity index (χ1) is 9.52. The second kappa shape index (κ2) is 6.54. The van der Waals surface area contributed by atoms with Gasteiger partial charge in [-0.05, 0) is 25.5 Å². The lowest BCUT2D eigenvalue weighted by Crippen LogP contribution is -2.21. The van der Waals surface area contributed by atoms with Gasteiger partial charge in [0.2, 0.25) is 0 Å².